The van der Waals surface area contributed by atoms with Gasteiger partial charge in [0, 0.05) is 37.1 Å². The number of anilines is 1. The summed E-state index contributed by atoms with van der Waals surface area (Å²) in [6.07, 6.45) is 3.51. The molecule has 4 aromatic rings. The second-order valence-electron chi connectivity index (χ2n) is 6.98. The van der Waals surface area contributed by atoms with E-state index in [4.69, 9.17) is 14.6 Å². The summed E-state index contributed by atoms with van der Waals surface area (Å²) >= 11 is 0. The monoisotopic (exact) mass is 415 g/mol. The Balaban J connectivity index is 1.46. The summed E-state index contributed by atoms with van der Waals surface area (Å²) in [5, 5.41) is 12.6. The van der Waals surface area contributed by atoms with Crippen molar-refractivity contribution in [1.82, 2.24) is 29.9 Å². The van der Waals surface area contributed by atoms with Crippen molar-refractivity contribution in [3.8, 4) is 23.1 Å². The molecule has 9 nitrogen and oxygen atoms in total. The van der Waals surface area contributed by atoms with Gasteiger partial charge in [-0.15, -0.1) is 0 Å². The first-order valence-electron chi connectivity index (χ1n) is 10.1. The van der Waals surface area contributed by atoms with E-state index in [1.165, 1.54) is 0 Å². The highest BCUT2D eigenvalue weighted by molar-refractivity contribution is 5.58. The first kappa shape index (κ1) is 19.1. The molecule has 31 heavy (non-hydrogen) atoms. The van der Waals surface area contributed by atoms with E-state index in [-0.39, 0.29) is 12.6 Å². The molecule has 1 fully saturated rings. The maximum Gasteiger partial charge on any atom is 0.320 e. The minimum Gasteiger partial charge on any atom is -0.457 e. The van der Waals surface area contributed by atoms with E-state index < -0.39 is 0 Å². The molecule has 1 aliphatic heterocycles. The van der Waals surface area contributed by atoms with E-state index in [0.717, 1.165) is 30.2 Å². The maximum atomic E-state index is 5.85. The maximum absolute atomic E-state index is 5.85. The molecule has 0 saturated carbocycles. The Morgan fingerprint density at radius 3 is 2.58 bits per heavy atom. The van der Waals surface area contributed by atoms with Gasteiger partial charge in [-0.25, -0.2) is 4.68 Å². The van der Waals surface area contributed by atoms with Gasteiger partial charge in [0.15, 0.2) is 5.82 Å². The van der Waals surface area contributed by atoms with E-state index in [0.29, 0.717) is 24.7 Å². The molecule has 0 unspecified atom stereocenters. The standard InChI is InChI=1S/C22H21N7O2/c1-2-5-17(6-3-1)19-8-10-29(27-19)21-15-20(28-11-13-30-14-12-28)24-22(25-21)31-16-18-7-4-9-23-26-18/h1-10,15H,11-14,16H2. The van der Waals surface area contributed by atoms with Crippen LogP contribution in [-0.2, 0) is 11.3 Å². The molecule has 5 rings (SSSR count). The predicted molar refractivity (Wildman–Crippen MR) is 114 cm³/mol. The molecule has 0 aliphatic carbocycles. The zero-order chi connectivity index (χ0) is 20.9. The number of morpholine rings is 1. The van der Waals surface area contributed by atoms with Crippen LogP contribution in [0.15, 0.2) is 67.0 Å². The molecule has 3 aromatic heterocycles. The second kappa shape index (κ2) is 8.88. The zero-order valence-corrected chi connectivity index (χ0v) is 16.8. The van der Waals surface area contributed by atoms with Crippen molar-refractivity contribution in [1.29, 1.82) is 0 Å². The van der Waals surface area contributed by atoms with Gasteiger partial charge in [-0.3, -0.25) is 0 Å². The molecule has 156 valence electrons. The van der Waals surface area contributed by atoms with E-state index in [1.54, 1.807) is 10.9 Å². The van der Waals surface area contributed by atoms with Crippen LogP contribution in [0.1, 0.15) is 5.69 Å². The van der Waals surface area contributed by atoms with Crippen molar-refractivity contribution < 1.29 is 9.47 Å². The van der Waals surface area contributed by atoms with Crippen molar-refractivity contribution in [2.45, 2.75) is 6.61 Å². The Hall–Kier alpha value is -3.85. The number of rotatable bonds is 6. The number of ether oxygens (including phenoxy) is 2. The highest BCUT2D eigenvalue weighted by atomic mass is 16.5. The molecule has 1 saturated heterocycles. The number of hydrogen-bond acceptors (Lipinski definition) is 8. The van der Waals surface area contributed by atoms with Gasteiger partial charge < -0.3 is 14.4 Å². The molecular weight excluding hydrogens is 394 g/mol. The SMILES string of the molecule is c1ccc(-c2ccn(-c3cc(N4CCOCC4)nc(OCc4cccnn4)n3)n2)cc1. The van der Waals surface area contributed by atoms with Gasteiger partial charge in [0.25, 0.3) is 0 Å². The lowest BCUT2D eigenvalue weighted by atomic mass is 10.2. The first-order valence-corrected chi connectivity index (χ1v) is 10.1. The van der Waals surface area contributed by atoms with Gasteiger partial charge in [0.2, 0.25) is 0 Å². The van der Waals surface area contributed by atoms with E-state index >= 15 is 0 Å². The van der Waals surface area contributed by atoms with Crippen molar-refractivity contribution in [3.63, 3.8) is 0 Å². The fraction of sp³-hybridized carbons (Fsp3) is 0.227. The van der Waals surface area contributed by atoms with E-state index in [2.05, 4.69) is 25.1 Å². The van der Waals surface area contributed by atoms with Crippen molar-refractivity contribution in [2.75, 3.05) is 31.2 Å². The summed E-state index contributed by atoms with van der Waals surface area (Å²) in [5.41, 5.74) is 2.62. The smallest absolute Gasteiger partial charge is 0.320 e. The molecule has 9 heteroatoms. The highest BCUT2D eigenvalue weighted by Gasteiger charge is 2.17. The van der Waals surface area contributed by atoms with Crippen LogP contribution in [-0.4, -0.2) is 56.2 Å². The summed E-state index contributed by atoms with van der Waals surface area (Å²) in [4.78, 5) is 11.4. The number of aromatic nitrogens is 6. The van der Waals surface area contributed by atoms with Crippen LogP contribution in [0.25, 0.3) is 17.1 Å². The average Bonchev–Trinajstić information content (AvgIpc) is 3.35. The van der Waals surface area contributed by atoms with Gasteiger partial charge in [-0.2, -0.15) is 25.3 Å². The lowest BCUT2D eigenvalue weighted by Crippen LogP contribution is -2.37. The Morgan fingerprint density at radius 1 is 0.935 bits per heavy atom. The first-order chi connectivity index (χ1) is 15.3. The predicted octanol–water partition coefficient (Wildman–Crippen LogP) is 2.53. The van der Waals surface area contributed by atoms with Crippen LogP contribution < -0.4 is 9.64 Å². The molecular formula is C22H21N7O2. The molecule has 0 amide bonds. The van der Waals surface area contributed by atoms with E-state index in [1.807, 2.05) is 60.8 Å². The Morgan fingerprint density at radius 2 is 1.77 bits per heavy atom. The lowest BCUT2D eigenvalue weighted by molar-refractivity contribution is 0.122. The Labute approximate surface area is 179 Å². The topological polar surface area (TPSA) is 91.1 Å². The van der Waals surface area contributed by atoms with Crippen LogP contribution >= 0.6 is 0 Å². The summed E-state index contributed by atoms with van der Waals surface area (Å²) in [7, 11) is 0. The van der Waals surface area contributed by atoms with Crippen LogP contribution in [0.4, 0.5) is 5.82 Å². The Bertz CT molecular complexity index is 1130. The quantitative estimate of drug-likeness (QED) is 0.475. The van der Waals surface area contributed by atoms with Gasteiger partial charge in [0.05, 0.1) is 18.9 Å². The second-order valence-corrected chi connectivity index (χ2v) is 6.98. The largest absolute Gasteiger partial charge is 0.457 e. The van der Waals surface area contributed by atoms with Gasteiger partial charge in [-0.05, 0) is 18.2 Å². The third-order valence-electron chi connectivity index (χ3n) is 4.88. The van der Waals surface area contributed by atoms with Gasteiger partial charge in [0.1, 0.15) is 18.1 Å². The number of nitrogens with zero attached hydrogens (tertiary/aromatic N) is 7. The minimum atomic E-state index is 0.230. The number of hydrogen-bond donors (Lipinski definition) is 0. The van der Waals surface area contributed by atoms with Crippen LogP contribution in [0.2, 0.25) is 0 Å². The third kappa shape index (κ3) is 4.51. The third-order valence-corrected chi connectivity index (χ3v) is 4.88. The van der Waals surface area contributed by atoms with Crippen molar-refractivity contribution >= 4 is 5.82 Å². The Kier molecular flexibility index (Phi) is 5.48. The molecule has 1 aromatic carbocycles. The number of benzene rings is 1. The van der Waals surface area contributed by atoms with E-state index in [9.17, 15) is 0 Å². The van der Waals surface area contributed by atoms with Crippen LogP contribution in [0, 0.1) is 0 Å². The van der Waals surface area contributed by atoms with Crippen LogP contribution in [0.5, 0.6) is 6.01 Å². The normalized spacial score (nSPS) is 13.9. The summed E-state index contributed by atoms with van der Waals surface area (Å²) in [5.74, 6) is 1.41. The van der Waals surface area contributed by atoms with Gasteiger partial charge in [-0.1, -0.05) is 30.3 Å². The average molecular weight is 415 g/mol. The van der Waals surface area contributed by atoms with Gasteiger partial charge >= 0.3 is 6.01 Å². The highest BCUT2D eigenvalue weighted by Crippen LogP contribution is 2.22. The zero-order valence-electron chi connectivity index (χ0n) is 16.8. The molecule has 1 aliphatic rings. The molecule has 0 bridgehead atoms. The lowest BCUT2D eigenvalue weighted by Gasteiger charge is -2.28. The van der Waals surface area contributed by atoms with Crippen molar-refractivity contribution in [3.05, 3.63) is 72.7 Å². The summed E-state index contributed by atoms with van der Waals surface area (Å²) in [6.45, 7) is 3.07. The fourth-order valence-electron chi connectivity index (χ4n) is 3.30. The molecule has 0 atom stereocenters. The van der Waals surface area contributed by atoms with Crippen LogP contribution in [0.3, 0.4) is 0 Å². The molecule has 0 spiro atoms. The minimum absolute atomic E-state index is 0.230. The summed E-state index contributed by atoms with van der Waals surface area (Å²) in [6, 6.07) is 17.8. The van der Waals surface area contributed by atoms with Crippen molar-refractivity contribution in [2.24, 2.45) is 0 Å². The molecule has 0 N–H and O–H groups in total. The molecule has 4 heterocycles. The fourth-order valence-corrected chi connectivity index (χ4v) is 3.30. The molecule has 0 radical (unpaired) electrons. The summed E-state index contributed by atoms with van der Waals surface area (Å²) < 4.78 is 13.1.